The van der Waals surface area contributed by atoms with Gasteiger partial charge in [-0.2, -0.15) is 0 Å². The molecule has 1 N–H and O–H groups in total. The molecule has 0 aromatic heterocycles. The molecule has 1 aromatic carbocycles. The molecule has 0 saturated heterocycles. The summed E-state index contributed by atoms with van der Waals surface area (Å²) in [5.74, 6) is 0.770. The molecule has 118 valence electrons. The van der Waals surface area contributed by atoms with Crippen LogP contribution in [0.3, 0.4) is 0 Å². The molecule has 1 saturated carbocycles. The smallest absolute Gasteiger partial charge is 0.0769 e. The number of benzene rings is 1. The summed E-state index contributed by atoms with van der Waals surface area (Å²) in [6, 6.07) is 9.33. The zero-order chi connectivity index (χ0) is 15.1. The van der Waals surface area contributed by atoms with E-state index in [0.717, 1.165) is 31.9 Å². The average molecular weight is 289 g/mol. The molecule has 0 heterocycles. The maximum atomic E-state index is 6.08. The third-order valence-corrected chi connectivity index (χ3v) is 4.63. The van der Waals surface area contributed by atoms with E-state index in [2.05, 4.69) is 50.4 Å². The molecule has 2 atom stereocenters. The first-order valence-corrected chi connectivity index (χ1v) is 8.75. The monoisotopic (exact) mass is 289 g/mol. The number of rotatable bonds is 9. The van der Waals surface area contributed by atoms with E-state index < -0.39 is 0 Å². The fraction of sp³-hybridized carbons (Fsp3) is 0.684. The van der Waals surface area contributed by atoms with Crippen LogP contribution in [0.4, 0.5) is 0 Å². The molecule has 1 aliphatic carbocycles. The number of hydrogen-bond acceptors (Lipinski definition) is 2. The Morgan fingerprint density at radius 3 is 2.52 bits per heavy atom. The highest BCUT2D eigenvalue weighted by Crippen LogP contribution is 2.40. The van der Waals surface area contributed by atoms with Crippen molar-refractivity contribution >= 4 is 0 Å². The lowest BCUT2D eigenvalue weighted by Crippen LogP contribution is -2.35. The van der Waals surface area contributed by atoms with Crippen molar-refractivity contribution in [1.29, 1.82) is 0 Å². The van der Waals surface area contributed by atoms with E-state index in [-0.39, 0.29) is 6.10 Å². The lowest BCUT2D eigenvalue weighted by atomic mass is 9.76. The second-order valence-electron chi connectivity index (χ2n) is 6.07. The highest BCUT2D eigenvalue weighted by molar-refractivity contribution is 5.35. The highest BCUT2D eigenvalue weighted by atomic mass is 16.5. The second-order valence-corrected chi connectivity index (χ2v) is 6.07. The Kier molecular flexibility index (Phi) is 6.72. The van der Waals surface area contributed by atoms with Crippen LogP contribution >= 0.6 is 0 Å². The van der Waals surface area contributed by atoms with Crippen molar-refractivity contribution < 1.29 is 4.74 Å². The Hall–Kier alpha value is -0.860. The number of ether oxygens (including phenoxy) is 1. The Morgan fingerprint density at radius 1 is 1.19 bits per heavy atom. The fourth-order valence-electron chi connectivity index (χ4n) is 3.39. The quantitative estimate of drug-likeness (QED) is 0.704. The predicted molar refractivity (Wildman–Crippen MR) is 89.8 cm³/mol. The molecular weight excluding hydrogens is 258 g/mol. The molecule has 1 fully saturated rings. The second kappa shape index (κ2) is 8.55. The van der Waals surface area contributed by atoms with E-state index >= 15 is 0 Å². The van der Waals surface area contributed by atoms with Gasteiger partial charge >= 0.3 is 0 Å². The first-order chi connectivity index (χ1) is 10.3. The molecular formula is C19H31NO. The van der Waals surface area contributed by atoms with Crippen LogP contribution in [0.25, 0.3) is 0 Å². The van der Waals surface area contributed by atoms with Crippen LogP contribution < -0.4 is 5.32 Å². The van der Waals surface area contributed by atoms with Crippen LogP contribution in [0.5, 0.6) is 0 Å². The maximum absolute atomic E-state index is 6.08. The van der Waals surface area contributed by atoms with Gasteiger partial charge in [0.15, 0.2) is 0 Å². The van der Waals surface area contributed by atoms with Gasteiger partial charge in [-0.05, 0) is 49.8 Å². The van der Waals surface area contributed by atoms with Crippen LogP contribution in [0, 0.1) is 0 Å². The molecule has 0 bridgehead atoms. The first kappa shape index (κ1) is 16.5. The summed E-state index contributed by atoms with van der Waals surface area (Å²) in [4.78, 5) is 0. The summed E-state index contributed by atoms with van der Waals surface area (Å²) in [6.45, 7) is 8.30. The molecule has 1 aliphatic rings. The average Bonchev–Trinajstić information content (AvgIpc) is 2.44. The number of nitrogens with one attached hydrogen (secondary N) is 1. The zero-order valence-corrected chi connectivity index (χ0v) is 13.9. The highest BCUT2D eigenvalue weighted by Gasteiger charge is 2.28. The molecule has 21 heavy (non-hydrogen) atoms. The van der Waals surface area contributed by atoms with Gasteiger partial charge in [0.2, 0.25) is 0 Å². The van der Waals surface area contributed by atoms with Crippen molar-refractivity contribution in [3.63, 3.8) is 0 Å². The number of likely N-dealkylation sites (N-methyl/N-ethyl adjacent to an activating group) is 1. The van der Waals surface area contributed by atoms with Crippen LogP contribution in [0.15, 0.2) is 24.3 Å². The van der Waals surface area contributed by atoms with E-state index in [1.54, 1.807) is 5.56 Å². The summed E-state index contributed by atoms with van der Waals surface area (Å²) in [5, 5.41) is 3.69. The summed E-state index contributed by atoms with van der Waals surface area (Å²) >= 11 is 0. The third-order valence-electron chi connectivity index (χ3n) is 4.63. The molecule has 2 unspecified atom stereocenters. The van der Waals surface area contributed by atoms with Crippen LogP contribution in [0.2, 0.25) is 0 Å². The van der Waals surface area contributed by atoms with Crippen molar-refractivity contribution in [2.45, 2.75) is 70.9 Å². The van der Waals surface area contributed by atoms with Gasteiger partial charge in [-0.1, -0.05) is 51.0 Å². The SMILES string of the molecule is CCCC(OCC)C(NCC)c1ccccc1C1CCC1. The molecule has 0 spiro atoms. The minimum atomic E-state index is 0.279. The van der Waals surface area contributed by atoms with E-state index in [9.17, 15) is 0 Å². The lowest BCUT2D eigenvalue weighted by molar-refractivity contribution is 0.0276. The van der Waals surface area contributed by atoms with Crippen molar-refractivity contribution in [3.8, 4) is 0 Å². The van der Waals surface area contributed by atoms with Gasteiger partial charge in [0.1, 0.15) is 0 Å². The van der Waals surface area contributed by atoms with Gasteiger partial charge in [-0.3, -0.25) is 0 Å². The summed E-state index contributed by atoms with van der Waals surface area (Å²) < 4.78 is 6.08. The van der Waals surface area contributed by atoms with Gasteiger partial charge in [0.05, 0.1) is 12.1 Å². The Bertz CT molecular complexity index is 408. The third kappa shape index (κ3) is 4.08. The van der Waals surface area contributed by atoms with Crippen molar-refractivity contribution in [2.24, 2.45) is 0 Å². The topological polar surface area (TPSA) is 21.3 Å². The van der Waals surface area contributed by atoms with Crippen molar-refractivity contribution in [3.05, 3.63) is 35.4 Å². The Balaban J connectivity index is 2.27. The standard InChI is InChI=1S/C19H31NO/c1-4-10-18(21-6-3)19(20-5-2)17-14-8-7-13-16(17)15-11-9-12-15/h7-8,13-15,18-20H,4-6,9-12H2,1-3H3. The molecule has 2 rings (SSSR count). The largest absolute Gasteiger partial charge is 0.377 e. The molecule has 0 aliphatic heterocycles. The summed E-state index contributed by atoms with van der Waals surface area (Å²) in [7, 11) is 0. The van der Waals surface area contributed by atoms with Gasteiger partial charge in [0, 0.05) is 6.61 Å². The minimum absolute atomic E-state index is 0.279. The van der Waals surface area contributed by atoms with Gasteiger partial charge in [0.25, 0.3) is 0 Å². The van der Waals surface area contributed by atoms with Crippen LogP contribution in [-0.2, 0) is 4.74 Å². The van der Waals surface area contributed by atoms with Crippen molar-refractivity contribution in [2.75, 3.05) is 13.2 Å². The van der Waals surface area contributed by atoms with Crippen molar-refractivity contribution in [1.82, 2.24) is 5.32 Å². The van der Waals surface area contributed by atoms with Gasteiger partial charge in [-0.15, -0.1) is 0 Å². The van der Waals surface area contributed by atoms with E-state index in [4.69, 9.17) is 4.74 Å². The minimum Gasteiger partial charge on any atom is -0.377 e. The fourth-order valence-corrected chi connectivity index (χ4v) is 3.39. The van der Waals surface area contributed by atoms with Crippen LogP contribution in [-0.4, -0.2) is 19.3 Å². The van der Waals surface area contributed by atoms with Gasteiger partial charge < -0.3 is 10.1 Å². The Labute approximate surface area is 130 Å². The number of hydrogen-bond donors (Lipinski definition) is 1. The first-order valence-electron chi connectivity index (χ1n) is 8.75. The Morgan fingerprint density at radius 2 is 1.95 bits per heavy atom. The van der Waals surface area contributed by atoms with Gasteiger partial charge in [-0.25, -0.2) is 0 Å². The normalized spacial score (nSPS) is 18.2. The maximum Gasteiger partial charge on any atom is 0.0769 e. The zero-order valence-electron chi connectivity index (χ0n) is 13.9. The molecule has 2 heteroatoms. The van der Waals surface area contributed by atoms with E-state index in [1.807, 2.05) is 0 Å². The lowest BCUT2D eigenvalue weighted by Gasteiger charge is -2.34. The molecule has 2 nitrogen and oxygen atoms in total. The predicted octanol–water partition coefficient (Wildman–Crippen LogP) is 4.81. The summed E-state index contributed by atoms with van der Waals surface area (Å²) in [5.41, 5.74) is 3.02. The molecule has 1 aromatic rings. The van der Waals surface area contributed by atoms with Crippen LogP contribution in [0.1, 0.15) is 76.0 Å². The van der Waals surface area contributed by atoms with E-state index in [1.165, 1.54) is 24.8 Å². The molecule has 0 amide bonds. The summed E-state index contributed by atoms with van der Waals surface area (Å²) in [6.07, 6.45) is 6.64. The molecule has 0 radical (unpaired) electrons. The van der Waals surface area contributed by atoms with E-state index in [0.29, 0.717) is 6.04 Å².